The fourth-order valence-corrected chi connectivity index (χ4v) is 4.29. The monoisotopic (exact) mass is 373 g/mol. The molecule has 5 nitrogen and oxygen atoms in total. The summed E-state index contributed by atoms with van der Waals surface area (Å²) < 4.78 is 32.2. The SMILES string of the molecule is C=CCN(CCc1ccccc1)S(=O)(=O)c1ccc(C(=O)OC)cc1C. The molecule has 2 aromatic rings. The largest absolute Gasteiger partial charge is 0.465 e. The molecule has 0 atom stereocenters. The van der Waals surface area contributed by atoms with Gasteiger partial charge in [0.1, 0.15) is 0 Å². The molecule has 0 amide bonds. The lowest BCUT2D eigenvalue weighted by molar-refractivity contribution is 0.0600. The molecule has 0 aliphatic carbocycles. The van der Waals surface area contributed by atoms with Crippen LogP contribution in [0, 0.1) is 6.92 Å². The molecule has 138 valence electrons. The van der Waals surface area contributed by atoms with Gasteiger partial charge in [-0.15, -0.1) is 6.58 Å². The molecule has 2 aromatic carbocycles. The molecule has 0 fully saturated rings. The van der Waals surface area contributed by atoms with E-state index in [4.69, 9.17) is 0 Å². The summed E-state index contributed by atoms with van der Waals surface area (Å²) in [5, 5.41) is 0. The van der Waals surface area contributed by atoms with Crippen molar-refractivity contribution in [2.75, 3.05) is 20.2 Å². The molecule has 0 radical (unpaired) electrons. The Balaban J connectivity index is 2.29. The van der Waals surface area contributed by atoms with Crippen molar-refractivity contribution < 1.29 is 17.9 Å². The second kappa shape index (κ2) is 8.78. The molecule has 0 aliphatic heterocycles. The van der Waals surface area contributed by atoms with Crippen LogP contribution in [0.3, 0.4) is 0 Å². The first kappa shape index (κ1) is 19.9. The minimum Gasteiger partial charge on any atom is -0.465 e. The Morgan fingerprint density at radius 3 is 2.46 bits per heavy atom. The zero-order valence-electron chi connectivity index (χ0n) is 15.0. The predicted octanol–water partition coefficient (Wildman–Crippen LogP) is 3.20. The minimum absolute atomic E-state index is 0.181. The first-order chi connectivity index (χ1) is 12.4. The Morgan fingerprint density at radius 1 is 1.19 bits per heavy atom. The summed E-state index contributed by atoms with van der Waals surface area (Å²) in [7, 11) is -2.41. The Kier molecular flexibility index (Phi) is 6.71. The van der Waals surface area contributed by atoms with Gasteiger partial charge in [-0.05, 0) is 42.7 Å². The van der Waals surface area contributed by atoms with Gasteiger partial charge in [-0.1, -0.05) is 36.4 Å². The van der Waals surface area contributed by atoms with E-state index in [0.717, 1.165) is 5.56 Å². The van der Waals surface area contributed by atoms with Gasteiger partial charge in [-0.3, -0.25) is 0 Å². The molecular weight excluding hydrogens is 350 g/mol. The van der Waals surface area contributed by atoms with Crippen LogP contribution in [0.2, 0.25) is 0 Å². The highest BCUT2D eigenvalue weighted by atomic mass is 32.2. The maximum atomic E-state index is 13.1. The number of benzene rings is 2. The van der Waals surface area contributed by atoms with Crippen molar-refractivity contribution in [1.29, 1.82) is 0 Å². The molecule has 0 heterocycles. The quantitative estimate of drug-likeness (QED) is 0.527. The lowest BCUT2D eigenvalue weighted by atomic mass is 10.1. The number of hydrogen-bond donors (Lipinski definition) is 0. The third kappa shape index (κ3) is 4.59. The highest BCUT2D eigenvalue weighted by molar-refractivity contribution is 7.89. The first-order valence-electron chi connectivity index (χ1n) is 8.24. The molecule has 0 N–H and O–H groups in total. The third-order valence-corrected chi connectivity index (χ3v) is 6.06. The maximum Gasteiger partial charge on any atom is 0.337 e. The van der Waals surface area contributed by atoms with Crippen LogP contribution in [0.1, 0.15) is 21.5 Å². The number of hydrogen-bond acceptors (Lipinski definition) is 4. The van der Waals surface area contributed by atoms with E-state index in [9.17, 15) is 13.2 Å². The van der Waals surface area contributed by atoms with Crippen LogP contribution in [-0.4, -0.2) is 38.9 Å². The van der Waals surface area contributed by atoms with Gasteiger partial charge >= 0.3 is 5.97 Å². The number of esters is 1. The summed E-state index contributed by atoms with van der Waals surface area (Å²) in [5.74, 6) is -0.496. The lowest BCUT2D eigenvalue weighted by Crippen LogP contribution is -2.33. The normalized spacial score (nSPS) is 11.3. The lowest BCUT2D eigenvalue weighted by Gasteiger charge is -2.22. The molecule has 26 heavy (non-hydrogen) atoms. The zero-order valence-corrected chi connectivity index (χ0v) is 15.8. The first-order valence-corrected chi connectivity index (χ1v) is 9.68. The van der Waals surface area contributed by atoms with Gasteiger partial charge in [0.2, 0.25) is 10.0 Å². The van der Waals surface area contributed by atoms with Crippen LogP contribution in [0.5, 0.6) is 0 Å². The number of methoxy groups -OCH3 is 1. The molecular formula is C20H23NO4S. The summed E-state index contributed by atoms with van der Waals surface area (Å²) in [5.41, 5.74) is 1.89. The van der Waals surface area contributed by atoms with E-state index in [0.29, 0.717) is 24.1 Å². The molecule has 0 saturated carbocycles. The van der Waals surface area contributed by atoms with Gasteiger partial charge in [0.05, 0.1) is 17.6 Å². The van der Waals surface area contributed by atoms with Crippen molar-refractivity contribution >= 4 is 16.0 Å². The molecule has 0 saturated heterocycles. The van der Waals surface area contributed by atoms with E-state index >= 15 is 0 Å². The van der Waals surface area contributed by atoms with Crippen LogP contribution in [-0.2, 0) is 21.2 Å². The van der Waals surface area contributed by atoms with Crippen LogP contribution in [0.4, 0.5) is 0 Å². The number of carbonyl (C=O) groups excluding carboxylic acids is 1. The fraction of sp³-hybridized carbons (Fsp3) is 0.250. The summed E-state index contributed by atoms with van der Waals surface area (Å²) in [6, 6.07) is 14.2. The highest BCUT2D eigenvalue weighted by Crippen LogP contribution is 2.22. The van der Waals surface area contributed by atoms with Crippen LogP contribution < -0.4 is 0 Å². The van der Waals surface area contributed by atoms with Gasteiger partial charge < -0.3 is 4.74 Å². The Morgan fingerprint density at radius 2 is 1.88 bits per heavy atom. The highest BCUT2D eigenvalue weighted by Gasteiger charge is 2.25. The van der Waals surface area contributed by atoms with Crippen molar-refractivity contribution in [3.8, 4) is 0 Å². The number of nitrogens with zero attached hydrogens (tertiary/aromatic N) is 1. The summed E-state index contributed by atoms with van der Waals surface area (Å²) in [6.45, 7) is 5.89. The third-order valence-electron chi connectivity index (χ3n) is 4.04. The van der Waals surface area contributed by atoms with Crippen LogP contribution in [0.15, 0.2) is 66.1 Å². The minimum atomic E-state index is -3.70. The second-order valence-electron chi connectivity index (χ2n) is 5.86. The Hall–Kier alpha value is -2.44. The average molecular weight is 373 g/mol. The van der Waals surface area contributed by atoms with E-state index in [1.165, 1.54) is 29.6 Å². The molecule has 0 unspecified atom stereocenters. The molecule has 2 rings (SSSR count). The van der Waals surface area contributed by atoms with Gasteiger partial charge in [-0.25, -0.2) is 13.2 Å². The fourth-order valence-electron chi connectivity index (χ4n) is 2.67. The van der Waals surface area contributed by atoms with E-state index in [1.54, 1.807) is 13.0 Å². The van der Waals surface area contributed by atoms with Gasteiger partial charge in [-0.2, -0.15) is 4.31 Å². The van der Waals surface area contributed by atoms with Gasteiger partial charge in [0.15, 0.2) is 0 Å². The number of rotatable bonds is 8. The smallest absolute Gasteiger partial charge is 0.337 e. The molecule has 0 aromatic heterocycles. The molecule has 0 aliphatic rings. The molecule has 0 bridgehead atoms. The summed E-state index contributed by atoms with van der Waals surface area (Å²) in [6.07, 6.45) is 2.17. The Labute approximate surface area is 155 Å². The zero-order chi connectivity index (χ0) is 19.2. The van der Waals surface area contributed by atoms with Crippen molar-refractivity contribution in [3.05, 3.63) is 77.9 Å². The van der Waals surface area contributed by atoms with Crippen molar-refractivity contribution in [3.63, 3.8) is 0 Å². The van der Waals surface area contributed by atoms with E-state index in [2.05, 4.69) is 11.3 Å². The van der Waals surface area contributed by atoms with Crippen molar-refractivity contribution in [1.82, 2.24) is 4.31 Å². The number of aryl methyl sites for hydroxylation is 1. The predicted molar refractivity (Wildman–Crippen MR) is 102 cm³/mol. The van der Waals surface area contributed by atoms with Gasteiger partial charge in [0.25, 0.3) is 0 Å². The molecule has 0 spiro atoms. The standard InChI is InChI=1S/C20H23NO4S/c1-4-13-21(14-12-17-8-6-5-7-9-17)26(23,24)19-11-10-18(15-16(19)2)20(22)25-3/h4-11,15H,1,12-14H2,2-3H3. The molecule has 6 heteroatoms. The van der Waals surface area contributed by atoms with E-state index in [-0.39, 0.29) is 11.4 Å². The number of carbonyl (C=O) groups is 1. The number of ether oxygens (including phenoxy) is 1. The van der Waals surface area contributed by atoms with Crippen molar-refractivity contribution in [2.45, 2.75) is 18.2 Å². The van der Waals surface area contributed by atoms with Crippen LogP contribution >= 0.6 is 0 Å². The maximum absolute atomic E-state index is 13.1. The summed E-state index contributed by atoms with van der Waals surface area (Å²) >= 11 is 0. The summed E-state index contributed by atoms with van der Waals surface area (Å²) in [4.78, 5) is 11.8. The van der Waals surface area contributed by atoms with Gasteiger partial charge in [0, 0.05) is 13.1 Å². The van der Waals surface area contributed by atoms with E-state index < -0.39 is 16.0 Å². The number of sulfonamides is 1. The Bertz CT molecular complexity index is 876. The van der Waals surface area contributed by atoms with Crippen molar-refractivity contribution in [2.24, 2.45) is 0 Å². The van der Waals surface area contributed by atoms with E-state index in [1.807, 2.05) is 30.3 Å². The van der Waals surface area contributed by atoms with Crippen LogP contribution in [0.25, 0.3) is 0 Å². The topological polar surface area (TPSA) is 63.7 Å². The second-order valence-corrected chi connectivity index (χ2v) is 7.77. The average Bonchev–Trinajstić information content (AvgIpc) is 2.64.